The molecule has 1 atom stereocenters. The van der Waals surface area contributed by atoms with Crippen molar-refractivity contribution >= 4 is 22.8 Å². The summed E-state index contributed by atoms with van der Waals surface area (Å²) in [5.74, 6) is 0.683. The largest absolute Gasteiger partial charge is 0.369 e. The van der Waals surface area contributed by atoms with Crippen LogP contribution in [-0.4, -0.2) is 31.5 Å². The summed E-state index contributed by atoms with van der Waals surface area (Å²) < 4.78 is 1.63. The lowest BCUT2D eigenvalue weighted by molar-refractivity contribution is 0.127. The van der Waals surface area contributed by atoms with E-state index in [1.807, 2.05) is 60.9 Å². The molecule has 1 unspecified atom stereocenters. The minimum Gasteiger partial charge on any atom is -0.369 e. The molecule has 1 N–H and O–H groups in total. The number of aliphatic hydroxyl groups excluding tert-OH is 1. The van der Waals surface area contributed by atoms with E-state index in [9.17, 15) is 9.90 Å². The second-order valence-electron chi connectivity index (χ2n) is 15.1. The topological polar surface area (TPSA) is 70.2 Å². The first-order valence-corrected chi connectivity index (χ1v) is 19.8. The highest BCUT2D eigenvalue weighted by atomic mass is 16.3. The second-order valence-corrected chi connectivity index (χ2v) is 15.1. The summed E-state index contributed by atoms with van der Waals surface area (Å²) in [4.78, 5) is 25.5. The van der Waals surface area contributed by atoms with E-state index in [1.54, 1.807) is 21.4 Å². The monoisotopic (exact) mass is 736 g/mol. The van der Waals surface area contributed by atoms with Crippen molar-refractivity contribution in [3.05, 3.63) is 189 Å². The number of nitrogens with zero attached hydrogens (tertiary/aromatic N) is 4. The fourth-order valence-corrected chi connectivity index (χ4v) is 8.68. The normalized spacial score (nSPS) is 15.4. The molecule has 6 heteroatoms. The molecule has 0 radical (unpaired) electrons. The van der Waals surface area contributed by atoms with Gasteiger partial charge in [0.05, 0.1) is 11.4 Å². The average molecular weight is 737 g/mol. The highest BCUT2D eigenvalue weighted by Gasteiger charge is 2.37. The number of amidine groups is 1. The first-order valence-electron chi connectivity index (χ1n) is 19.8. The molecule has 0 amide bonds. The van der Waals surface area contributed by atoms with Crippen LogP contribution in [-0.2, 0) is 11.8 Å². The Morgan fingerprint density at radius 2 is 1.50 bits per heavy atom. The summed E-state index contributed by atoms with van der Waals surface area (Å²) >= 11 is 0. The van der Waals surface area contributed by atoms with Gasteiger partial charge in [0.15, 0.2) is 6.23 Å². The molecule has 0 fully saturated rings. The molecule has 0 saturated carbocycles. The molecule has 4 heterocycles. The number of rotatable bonds is 10. The van der Waals surface area contributed by atoms with Crippen molar-refractivity contribution in [2.24, 2.45) is 4.99 Å². The zero-order valence-electron chi connectivity index (χ0n) is 32.8. The van der Waals surface area contributed by atoms with Crippen molar-refractivity contribution < 1.29 is 5.11 Å². The Morgan fingerprint density at radius 3 is 2.25 bits per heavy atom. The van der Waals surface area contributed by atoms with E-state index in [-0.39, 0.29) is 11.0 Å². The summed E-state index contributed by atoms with van der Waals surface area (Å²) in [5, 5.41) is 11.2. The summed E-state index contributed by atoms with van der Waals surface area (Å²) in [5.41, 5.74) is 13.8. The molecule has 6 aromatic rings. The first-order chi connectivity index (χ1) is 27.2. The van der Waals surface area contributed by atoms with Crippen LogP contribution in [0.3, 0.4) is 0 Å². The van der Waals surface area contributed by atoms with E-state index in [1.165, 1.54) is 27.8 Å². The zero-order valence-corrected chi connectivity index (χ0v) is 32.8. The van der Waals surface area contributed by atoms with E-state index >= 15 is 0 Å². The molecule has 280 valence electrons. The van der Waals surface area contributed by atoms with Gasteiger partial charge in [0.2, 0.25) is 0 Å². The number of fused-ring (bicyclic) bond motifs is 2. The predicted molar refractivity (Wildman–Crippen MR) is 230 cm³/mol. The average Bonchev–Trinajstić information content (AvgIpc) is 3.21. The Kier molecular flexibility index (Phi) is 10.0. The zero-order chi connectivity index (χ0) is 39.0. The van der Waals surface area contributed by atoms with Crippen molar-refractivity contribution in [3.63, 3.8) is 0 Å². The van der Waals surface area contributed by atoms with Gasteiger partial charge < -0.3 is 10.0 Å². The lowest BCUT2D eigenvalue weighted by atomic mass is 9.65. The van der Waals surface area contributed by atoms with Crippen molar-refractivity contribution in [1.82, 2.24) is 14.3 Å². The Morgan fingerprint density at radius 1 is 0.768 bits per heavy atom. The lowest BCUT2D eigenvalue weighted by Gasteiger charge is -2.38. The third-order valence-corrected chi connectivity index (χ3v) is 11.4. The van der Waals surface area contributed by atoms with Crippen molar-refractivity contribution in [2.75, 3.05) is 0 Å². The van der Waals surface area contributed by atoms with Crippen LogP contribution in [0, 0.1) is 13.8 Å². The van der Waals surface area contributed by atoms with Gasteiger partial charge in [-0.3, -0.25) is 9.20 Å². The molecule has 6 nitrogen and oxygen atoms in total. The molecular formula is C50H48N4O2. The van der Waals surface area contributed by atoms with Crippen LogP contribution in [0.15, 0.2) is 150 Å². The number of aliphatic hydroxyl groups is 1. The van der Waals surface area contributed by atoms with Gasteiger partial charge in [0.25, 0.3) is 5.56 Å². The quantitative estimate of drug-likeness (QED) is 0.152. The smallest absolute Gasteiger partial charge is 0.258 e. The van der Waals surface area contributed by atoms with Gasteiger partial charge in [-0.25, -0.2) is 9.98 Å². The minimum absolute atomic E-state index is 0.112. The fraction of sp³-hybridized carbons (Fsp3) is 0.220. The molecular weight excluding hydrogens is 689 g/mol. The maximum absolute atomic E-state index is 13.6. The first kappa shape index (κ1) is 36.8. The number of hydrogen-bond acceptors (Lipinski definition) is 5. The molecule has 0 saturated heterocycles. The van der Waals surface area contributed by atoms with E-state index in [0.717, 1.165) is 64.8 Å². The van der Waals surface area contributed by atoms with E-state index in [0.29, 0.717) is 17.2 Å². The van der Waals surface area contributed by atoms with Crippen LogP contribution in [0.4, 0.5) is 0 Å². The van der Waals surface area contributed by atoms with Crippen molar-refractivity contribution in [3.8, 4) is 22.4 Å². The van der Waals surface area contributed by atoms with Crippen LogP contribution in [0.1, 0.15) is 79.0 Å². The van der Waals surface area contributed by atoms with Crippen LogP contribution >= 0.6 is 0 Å². The lowest BCUT2D eigenvalue weighted by Crippen LogP contribution is -2.37. The Hall–Kier alpha value is -6.11. The van der Waals surface area contributed by atoms with E-state index in [2.05, 4.69) is 101 Å². The molecule has 56 heavy (non-hydrogen) atoms. The highest BCUT2D eigenvalue weighted by Crippen LogP contribution is 2.48. The minimum atomic E-state index is -0.842. The molecule has 2 aliphatic rings. The van der Waals surface area contributed by atoms with Gasteiger partial charge in [-0.2, -0.15) is 0 Å². The maximum Gasteiger partial charge on any atom is 0.258 e. The molecule has 0 spiro atoms. The number of aryl methyl sites for hydroxylation is 3. The van der Waals surface area contributed by atoms with Gasteiger partial charge in [-0.15, -0.1) is 0 Å². The summed E-state index contributed by atoms with van der Waals surface area (Å²) in [6, 6.07) is 37.6. The summed E-state index contributed by atoms with van der Waals surface area (Å²) in [6.07, 6.45) is 12.7. The van der Waals surface area contributed by atoms with Crippen molar-refractivity contribution in [1.29, 1.82) is 0 Å². The number of aromatic nitrogens is 2. The Bertz CT molecular complexity index is 2620. The number of aliphatic imine (C=N–C) groups is 1. The Labute approximate surface area is 329 Å². The molecule has 8 rings (SSSR count). The SMILES string of the molecule is CCCc1cccc(-c2cc(=O)n3ccc(-c4cccc(C5=CC6=NC(c7ccccc7)=CC(O)N6C=C5)c4C(CC)(CC)c4cc(C)cc(C)c4)cc3n2)c1. The Balaban J connectivity index is 1.35. The van der Waals surface area contributed by atoms with Gasteiger partial charge in [-0.1, -0.05) is 123 Å². The number of pyridine rings is 1. The maximum atomic E-state index is 13.6. The fourth-order valence-electron chi connectivity index (χ4n) is 8.68. The molecule has 4 aromatic carbocycles. The van der Waals surface area contributed by atoms with E-state index < -0.39 is 6.23 Å². The summed E-state index contributed by atoms with van der Waals surface area (Å²) in [6.45, 7) is 11.1. The molecule has 2 aromatic heterocycles. The third-order valence-electron chi connectivity index (χ3n) is 11.4. The standard InChI is InChI=1S/C50H48N4O2/c1-6-14-35-15-12-18-39(28-35)44-32-48(56)54-24-22-38(30-46(54)52-44)42-20-13-19-41(49(42)50(7-2,8-3)40-26-33(4)25-34(5)27-40)37-21-23-53-45(29-37)51-43(31-47(53)55)36-16-10-9-11-17-36/h9-13,15-32,47,55H,6-8,14H2,1-5H3. The van der Waals surface area contributed by atoms with Crippen LogP contribution < -0.4 is 5.56 Å². The summed E-state index contributed by atoms with van der Waals surface area (Å²) in [7, 11) is 0. The number of allylic oxidation sites excluding steroid dienone is 2. The van der Waals surface area contributed by atoms with Gasteiger partial charge in [0, 0.05) is 35.0 Å². The van der Waals surface area contributed by atoms with Gasteiger partial charge >= 0.3 is 0 Å². The third kappa shape index (κ3) is 6.75. The van der Waals surface area contributed by atoms with Crippen LogP contribution in [0.25, 0.3) is 39.3 Å². The predicted octanol–water partition coefficient (Wildman–Crippen LogP) is 10.7. The number of hydrogen-bond donors (Lipinski definition) is 1. The van der Waals surface area contributed by atoms with Crippen LogP contribution in [0.5, 0.6) is 0 Å². The van der Waals surface area contributed by atoms with Crippen LogP contribution in [0.2, 0.25) is 0 Å². The molecule has 0 aliphatic carbocycles. The number of benzene rings is 4. The molecule has 0 bridgehead atoms. The highest BCUT2D eigenvalue weighted by molar-refractivity contribution is 6.07. The second kappa shape index (κ2) is 15.2. The molecule has 2 aliphatic heterocycles. The van der Waals surface area contributed by atoms with Crippen molar-refractivity contribution in [2.45, 2.75) is 71.9 Å². The van der Waals surface area contributed by atoms with Gasteiger partial charge in [-0.05, 0) is 108 Å². The van der Waals surface area contributed by atoms with E-state index in [4.69, 9.17) is 9.98 Å². The van der Waals surface area contributed by atoms with Gasteiger partial charge in [0.1, 0.15) is 11.5 Å².